The predicted molar refractivity (Wildman–Crippen MR) is 275 cm³/mol. The monoisotopic (exact) mass is 901 g/mol. The lowest BCUT2D eigenvalue weighted by Gasteiger charge is -2.18. The Bertz CT molecular complexity index is 1040. The molecule has 6 nitrogen and oxygen atoms in total. The van der Waals surface area contributed by atoms with E-state index in [0.29, 0.717) is 19.3 Å². The van der Waals surface area contributed by atoms with Gasteiger partial charge in [0, 0.05) is 19.3 Å². The molecule has 0 radical (unpaired) electrons. The van der Waals surface area contributed by atoms with Crippen LogP contribution < -0.4 is 0 Å². The van der Waals surface area contributed by atoms with E-state index in [-0.39, 0.29) is 31.1 Å². The van der Waals surface area contributed by atoms with Gasteiger partial charge in [-0.3, -0.25) is 14.4 Å². The van der Waals surface area contributed by atoms with E-state index in [9.17, 15) is 14.4 Å². The minimum Gasteiger partial charge on any atom is -0.462 e. The molecule has 0 spiro atoms. The number of carbonyl (C=O) groups excluding carboxylic acids is 3. The Morgan fingerprint density at radius 3 is 0.891 bits per heavy atom. The van der Waals surface area contributed by atoms with Crippen LogP contribution in [0.3, 0.4) is 0 Å². The first-order valence-corrected chi connectivity index (χ1v) is 28.3. The van der Waals surface area contributed by atoms with Crippen LogP contribution in [0.5, 0.6) is 0 Å². The molecule has 64 heavy (non-hydrogen) atoms. The molecule has 0 bridgehead atoms. The van der Waals surface area contributed by atoms with Crippen molar-refractivity contribution in [3.05, 3.63) is 24.3 Å². The first-order valence-electron chi connectivity index (χ1n) is 28.3. The normalized spacial score (nSPS) is 12.1. The predicted octanol–water partition coefficient (Wildman–Crippen LogP) is 18.7. The molecule has 0 N–H and O–H groups in total. The van der Waals surface area contributed by atoms with E-state index in [1.54, 1.807) is 0 Å². The van der Waals surface area contributed by atoms with Gasteiger partial charge < -0.3 is 14.2 Å². The lowest BCUT2D eigenvalue weighted by Crippen LogP contribution is -2.30. The van der Waals surface area contributed by atoms with Gasteiger partial charge in [0.1, 0.15) is 13.2 Å². The summed E-state index contributed by atoms with van der Waals surface area (Å²) in [6.45, 7) is 6.64. The Balaban J connectivity index is 4.27. The number of allylic oxidation sites excluding steroid dienone is 4. The van der Waals surface area contributed by atoms with Gasteiger partial charge in [-0.25, -0.2) is 0 Å². The molecule has 0 saturated carbocycles. The average Bonchev–Trinajstić information content (AvgIpc) is 3.29. The molecule has 0 aliphatic heterocycles. The number of ether oxygens (including phenoxy) is 3. The number of hydrogen-bond donors (Lipinski definition) is 0. The standard InChI is InChI=1S/C58H108O6/c1-4-7-10-13-16-19-22-24-26-28-29-31-32-34-36-39-42-45-48-51-57(60)63-54-55(53-62-56(59)50-47-44-41-38-21-18-15-12-9-6-3)64-58(61)52-49-46-43-40-37-35-33-30-27-25-23-20-17-14-11-8-5-2/h16,19,24,26,55H,4-15,17-18,20-23,25,27-54H2,1-3H3/b19-16-,26-24-/t55-/m1/s1. The summed E-state index contributed by atoms with van der Waals surface area (Å²) in [4.78, 5) is 38.0. The summed E-state index contributed by atoms with van der Waals surface area (Å²) in [7, 11) is 0. The van der Waals surface area contributed by atoms with Crippen LogP contribution in [-0.2, 0) is 28.6 Å². The molecule has 0 saturated heterocycles. The van der Waals surface area contributed by atoms with Crippen molar-refractivity contribution >= 4 is 17.9 Å². The summed E-state index contributed by atoms with van der Waals surface area (Å²) < 4.78 is 16.8. The Morgan fingerprint density at radius 1 is 0.312 bits per heavy atom. The van der Waals surface area contributed by atoms with Crippen LogP contribution in [0.15, 0.2) is 24.3 Å². The summed E-state index contributed by atoms with van der Waals surface area (Å²) in [5, 5.41) is 0. The van der Waals surface area contributed by atoms with Crippen LogP contribution in [0, 0.1) is 0 Å². The first-order chi connectivity index (χ1) is 31.5. The molecule has 0 rings (SSSR count). The lowest BCUT2D eigenvalue weighted by atomic mass is 10.0. The molecule has 0 unspecified atom stereocenters. The van der Waals surface area contributed by atoms with E-state index >= 15 is 0 Å². The van der Waals surface area contributed by atoms with Crippen LogP contribution in [0.25, 0.3) is 0 Å². The van der Waals surface area contributed by atoms with Gasteiger partial charge in [0.15, 0.2) is 6.10 Å². The van der Waals surface area contributed by atoms with E-state index in [2.05, 4.69) is 45.1 Å². The summed E-state index contributed by atoms with van der Waals surface area (Å²) >= 11 is 0. The number of hydrogen-bond acceptors (Lipinski definition) is 6. The lowest BCUT2D eigenvalue weighted by molar-refractivity contribution is -0.167. The highest BCUT2D eigenvalue weighted by Crippen LogP contribution is 2.17. The van der Waals surface area contributed by atoms with Gasteiger partial charge in [0.25, 0.3) is 0 Å². The van der Waals surface area contributed by atoms with Gasteiger partial charge in [0.2, 0.25) is 0 Å². The molecule has 0 heterocycles. The molecule has 0 aliphatic rings. The Kier molecular flexibility index (Phi) is 51.7. The molecular weight excluding hydrogens is 793 g/mol. The molecule has 376 valence electrons. The van der Waals surface area contributed by atoms with Crippen LogP contribution in [-0.4, -0.2) is 37.2 Å². The molecular formula is C58H108O6. The molecule has 1 atom stereocenters. The smallest absolute Gasteiger partial charge is 0.306 e. The molecule has 0 fully saturated rings. The average molecular weight is 901 g/mol. The number of rotatable bonds is 52. The van der Waals surface area contributed by atoms with Crippen LogP contribution in [0.1, 0.15) is 310 Å². The quantitative estimate of drug-likeness (QED) is 0.0262. The fourth-order valence-corrected chi connectivity index (χ4v) is 8.42. The van der Waals surface area contributed by atoms with E-state index in [4.69, 9.17) is 14.2 Å². The van der Waals surface area contributed by atoms with E-state index < -0.39 is 6.10 Å². The Morgan fingerprint density at radius 2 is 0.562 bits per heavy atom. The van der Waals surface area contributed by atoms with E-state index in [1.165, 1.54) is 205 Å². The maximum Gasteiger partial charge on any atom is 0.306 e. The highest BCUT2D eigenvalue weighted by Gasteiger charge is 2.19. The SMILES string of the molecule is CCCCC/C=C\C/C=C\CCCCCCCCCCCC(=O)OC[C@@H](COC(=O)CCCCCCCCCCCC)OC(=O)CCCCCCCCCCCCCCCCCCC. The molecule has 0 aliphatic carbocycles. The second-order valence-corrected chi connectivity index (χ2v) is 19.2. The second kappa shape index (κ2) is 53.5. The van der Waals surface area contributed by atoms with E-state index in [1.807, 2.05) is 0 Å². The highest BCUT2D eigenvalue weighted by molar-refractivity contribution is 5.71. The van der Waals surface area contributed by atoms with Crippen molar-refractivity contribution < 1.29 is 28.6 Å². The third kappa shape index (κ3) is 50.9. The molecule has 0 amide bonds. The van der Waals surface area contributed by atoms with Gasteiger partial charge in [0.05, 0.1) is 0 Å². The van der Waals surface area contributed by atoms with E-state index in [0.717, 1.165) is 64.2 Å². The topological polar surface area (TPSA) is 78.9 Å². The van der Waals surface area contributed by atoms with Crippen molar-refractivity contribution in [2.45, 2.75) is 316 Å². The van der Waals surface area contributed by atoms with Crippen molar-refractivity contribution in [1.82, 2.24) is 0 Å². The van der Waals surface area contributed by atoms with Crippen molar-refractivity contribution in [2.24, 2.45) is 0 Å². The molecule has 6 heteroatoms. The number of carbonyl (C=O) groups is 3. The highest BCUT2D eigenvalue weighted by atomic mass is 16.6. The van der Waals surface area contributed by atoms with Gasteiger partial charge in [-0.15, -0.1) is 0 Å². The Labute approximate surface area is 398 Å². The maximum absolute atomic E-state index is 12.8. The fraction of sp³-hybridized carbons (Fsp3) is 0.879. The summed E-state index contributed by atoms with van der Waals surface area (Å²) in [6.07, 6.45) is 61.7. The zero-order chi connectivity index (χ0) is 46.5. The van der Waals surface area contributed by atoms with Gasteiger partial charge >= 0.3 is 17.9 Å². The van der Waals surface area contributed by atoms with Crippen molar-refractivity contribution in [3.63, 3.8) is 0 Å². The van der Waals surface area contributed by atoms with Crippen LogP contribution in [0.4, 0.5) is 0 Å². The summed E-state index contributed by atoms with van der Waals surface area (Å²) in [5.74, 6) is -0.854. The largest absolute Gasteiger partial charge is 0.462 e. The second-order valence-electron chi connectivity index (χ2n) is 19.2. The third-order valence-electron chi connectivity index (χ3n) is 12.7. The first kappa shape index (κ1) is 61.9. The van der Waals surface area contributed by atoms with Crippen LogP contribution >= 0.6 is 0 Å². The van der Waals surface area contributed by atoms with Crippen molar-refractivity contribution in [1.29, 1.82) is 0 Å². The van der Waals surface area contributed by atoms with Gasteiger partial charge in [-0.2, -0.15) is 0 Å². The van der Waals surface area contributed by atoms with Crippen molar-refractivity contribution in [3.8, 4) is 0 Å². The summed E-state index contributed by atoms with van der Waals surface area (Å²) in [5.41, 5.74) is 0. The molecule has 0 aromatic heterocycles. The zero-order valence-corrected chi connectivity index (χ0v) is 43.1. The van der Waals surface area contributed by atoms with Crippen LogP contribution in [0.2, 0.25) is 0 Å². The third-order valence-corrected chi connectivity index (χ3v) is 12.7. The minimum atomic E-state index is -0.766. The molecule has 0 aromatic carbocycles. The van der Waals surface area contributed by atoms with Gasteiger partial charge in [-0.1, -0.05) is 263 Å². The maximum atomic E-state index is 12.8. The van der Waals surface area contributed by atoms with Gasteiger partial charge in [-0.05, 0) is 51.4 Å². The molecule has 0 aromatic rings. The zero-order valence-electron chi connectivity index (χ0n) is 43.1. The summed E-state index contributed by atoms with van der Waals surface area (Å²) in [6, 6.07) is 0. The number of unbranched alkanes of at least 4 members (excludes halogenated alkanes) is 37. The Hall–Kier alpha value is -2.11. The number of esters is 3. The minimum absolute atomic E-state index is 0.0672. The van der Waals surface area contributed by atoms with Crippen molar-refractivity contribution in [2.75, 3.05) is 13.2 Å². The fourth-order valence-electron chi connectivity index (χ4n) is 8.42.